The van der Waals surface area contributed by atoms with Crippen LogP contribution in [-0.2, 0) is 14.4 Å². The Kier molecular flexibility index (Phi) is 5.83. The van der Waals surface area contributed by atoms with Gasteiger partial charge >= 0.3 is 5.97 Å². The van der Waals surface area contributed by atoms with E-state index in [4.69, 9.17) is 4.18 Å². The summed E-state index contributed by atoms with van der Waals surface area (Å²) in [6, 6.07) is 29.8. The Morgan fingerprint density at radius 1 is 0.694 bits per heavy atom. The van der Waals surface area contributed by atoms with E-state index >= 15 is 0 Å². The fourth-order valence-electron chi connectivity index (χ4n) is 7.49. The second-order valence-corrected chi connectivity index (χ2v) is 15.2. The van der Waals surface area contributed by atoms with Gasteiger partial charge in [-0.15, -0.1) is 0 Å². The van der Waals surface area contributed by atoms with Crippen LogP contribution in [0.3, 0.4) is 0 Å². The van der Waals surface area contributed by atoms with Gasteiger partial charge in [0.15, 0.2) is 0 Å². The zero-order chi connectivity index (χ0) is 25.0. The van der Waals surface area contributed by atoms with Gasteiger partial charge in [-0.05, 0) is 114 Å². The van der Waals surface area contributed by atoms with E-state index in [0.29, 0.717) is 17.8 Å². The minimum atomic E-state index is -2.24. The molecule has 7 rings (SSSR count). The topological polar surface area (TPSA) is 26.3 Å². The maximum Gasteiger partial charge on any atom is 0.323 e. The molecule has 3 heteroatoms. The van der Waals surface area contributed by atoms with Crippen LogP contribution in [0, 0.1) is 23.2 Å². The maximum absolute atomic E-state index is 14.5. The number of carbonyl (C=O) groups excluding carboxylic acids is 1. The Bertz CT molecular complexity index is 1150. The van der Waals surface area contributed by atoms with Gasteiger partial charge in [0.1, 0.15) is 0 Å². The molecule has 4 fully saturated rings. The van der Waals surface area contributed by atoms with Crippen molar-refractivity contribution in [2.75, 3.05) is 0 Å². The molecule has 0 saturated heterocycles. The summed E-state index contributed by atoms with van der Waals surface area (Å²) in [5.74, 6) is 2.15. The first-order valence-corrected chi connectivity index (χ1v) is 15.1. The smallest absolute Gasteiger partial charge is 0.323 e. The Morgan fingerprint density at radius 3 is 1.53 bits per heavy atom. The van der Waals surface area contributed by atoms with Crippen molar-refractivity contribution in [2.24, 2.45) is 23.2 Å². The zero-order valence-electron chi connectivity index (χ0n) is 21.8. The Labute approximate surface area is 218 Å². The lowest BCUT2D eigenvalue weighted by Crippen LogP contribution is -2.50. The molecule has 3 aromatic rings. The molecule has 0 radical (unpaired) electrons. The van der Waals surface area contributed by atoms with Gasteiger partial charge in [0, 0.05) is 14.7 Å². The van der Waals surface area contributed by atoms with E-state index in [1.807, 2.05) is 12.1 Å². The van der Waals surface area contributed by atoms with Crippen LogP contribution in [-0.4, -0.2) is 5.97 Å². The first-order chi connectivity index (χ1) is 17.3. The third-order valence-corrected chi connectivity index (χ3v) is 12.1. The summed E-state index contributed by atoms with van der Waals surface area (Å²) >= 11 is 0. The summed E-state index contributed by atoms with van der Waals surface area (Å²) in [6.07, 6.45) is 6.99. The molecule has 4 bridgehead atoms. The SMILES string of the molecule is CC(C)(C)c1ccc(S(OC(=O)C23CC4CC(CC(C4)C2)C3)(c2ccccc2)c2ccccc2)cc1. The quantitative estimate of drug-likeness (QED) is 0.351. The van der Waals surface area contributed by atoms with Crippen LogP contribution in [0.4, 0.5) is 0 Å². The van der Waals surface area contributed by atoms with E-state index < -0.39 is 10.3 Å². The molecule has 0 heterocycles. The third kappa shape index (κ3) is 4.00. The Morgan fingerprint density at radius 2 is 1.11 bits per heavy atom. The van der Waals surface area contributed by atoms with Gasteiger partial charge in [0.25, 0.3) is 0 Å². The molecule has 4 saturated carbocycles. The van der Waals surface area contributed by atoms with Crippen molar-refractivity contribution >= 4 is 16.3 Å². The molecule has 3 aromatic carbocycles. The molecular weight excluding hydrogens is 460 g/mol. The largest absolute Gasteiger partial charge is 0.402 e. The van der Waals surface area contributed by atoms with Crippen LogP contribution in [0.15, 0.2) is 99.6 Å². The standard InChI is InChI=1S/C33H38O2S/c1-32(2,3)27-14-16-30(17-15-27)36(28-10-6-4-7-11-28,29-12-8-5-9-13-29)35-31(34)33-21-24-18-25(22-33)20-26(19-24)23-33/h4-17,24-26H,18-23H2,1-3H3. The summed E-state index contributed by atoms with van der Waals surface area (Å²) in [6.45, 7) is 6.72. The second kappa shape index (κ2) is 8.80. The van der Waals surface area contributed by atoms with Crippen molar-refractivity contribution in [2.45, 2.75) is 79.4 Å². The van der Waals surface area contributed by atoms with Gasteiger partial charge in [-0.2, -0.15) is 0 Å². The molecule has 0 aliphatic heterocycles. The number of carbonyl (C=O) groups is 1. The average molecular weight is 499 g/mol. The molecule has 0 atom stereocenters. The molecule has 2 nitrogen and oxygen atoms in total. The highest BCUT2D eigenvalue weighted by Gasteiger charge is 2.57. The van der Waals surface area contributed by atoms with Crippen molar-refractivity contribution in [3.63, 3.8) is 0 Å². The Hall–Kier alpha value is -2.52. The summed E-state index contributed by atoms with van der Waals surface area (Å²) in [4.78, 5) is 17.7. The number of hydrogen-bond acceptors (Lipinski definition) is 2. The van der Waals surface area contributed by atoms with E-state index in [0.717, 1.165) is 33.9 Å². The highest BCUT2D eigenvalue weighted by atomic mass is 32.3. The van der Waals surface area contributed by atoms with Crippen molar-refractivity contribution in [3.8, 4) is 0 Å². The van der Waals surface area contributed by atoms with E-state index in [2.05, 4.69) is 93.6 Å². The summed E-state index contributed by atoms with van der Waals surface area (Å²) in [7, 11) is -2.24. The zero-order valence-corrected chi connectivity index (χ0v) is 22.6. The van der Waals surface area contributed by atoms with E-state index in [-0.39, 0.29) is 16.8 Å². The maximum atomic E-state index is 14.5. The monoisotopic (exact) mass is 498 g/mol. The van der Waals surface area contributed by atoms with Crippen molar-refractivity contribution in [3.05, 3.63) is 90.5 Å². The second-order valence-electron chi connectivity index (χ2n) is 12.5. The summed E-state index contributed by atoms with van der Waals surface area (Å²) in [5.41, 5.74) is 1.04. The van der Waals surface area contributed by atoms with Crippen molar-refractivity contribution in [1.29, 1.82) is 0 Å². The molecule has 36 heavy (non-hydrogen) atoms. The number of benzene rings is 3. The average Bonchev–Trinajstić information content (AvgIpc) is 2.87. The minimum Gasteiger partial charge on any atom is -0.402 e. The lowest BCUT2D eigenvalue weighted by atomic mass is 9.49. The van der Waals surface area contributed by atoms with E-state index in [1.54, 1.807) is 0 Å². The molecule has 0 amide bonds. The van der Waals surface area contributed by atoms with Crippen LogP contribution < -0.4 is 0 Å². The van der Waals surface area contributed by atoms with Crippen molar-refractivity contribution < 1.29 is 8.98 Å². The highest BCUT2D eigenvalue weighted by molar-refractivity contribution is 8.30. The molecule has 4 aliphatic carbocycles. The van der Waals surface area contributed by atoms with E-state index in [9.17, 15) is 4.79 Å². The lowest BCUT2D eigenvalue weighted by molar-refractivity contribution is -0.160. The molecular formula is C33H38O2S. The Balaban J connectivity index is 1.50. The first-order valence-electron chi connectivity index (χ1n) is 13.6. The van der Waals surface area contributed by atoms with E-state index in [1.165, 1.54) is 24.8 Å². The van der Waals surface area contributed by atoms with Crippen LogP contribution in [0.25, 0.3) is 0 Å². The van der Waals surface area contributed by atoms with Gasteiger partial charge < -0.3 is 4.18 Å². The van der Waals surface area contributed by atoms with Gasteiger partial charge in [-0.1, -0.05) is 69.3 Å². The lowest BCUT2D eigenvalue weighted by Gasteiger charge is -2.56. The fraction of sp³-hybridized carbons (Fsp3) is 0.424. The van der Waals surface area contributed by atoms with Gasteiger partial charge in [-0.3, -0.25) is 4.79 Å². The molecule has 188 valence electrons. The predicted molar refractivity (Wildman–Crippen MR) is 147 cm³/mol. The molecule has 0 N–H and O–H groups in total. The third-order valence-electron chi connectivity index (χ3n) is 8.87. The van der Waals surface area contributed by atoms with Crippen LogP contribution in [0.5, 0.6) is 0 Å². The van der Waals surface area contributed by atoms with Crippen LogP contribution in [0.1, 0.15) is 64.9 Å². The predicted octanol–water partition coefficient (Wildman–Crippen LogP) is 8.94. The number of rotatable bonds is 5. The minimum absolute atomic E-state index is 0.0456. The van der Waals surface area contributed by atoms with Gasteiger partial charge in [0.2, 0.25) is 0 Å². The fourth-order valence-corrected chi connectivity index (χ4v) is 10.6. The summed E-state index contributed by atoms with van der Waals surface area (Å²) in [5, 5.41) is 0. The molecule has 0 aromatic heterocycles. The number of hydrogen-bond donors (Lipinski definition) is 0. The van der Waals surface area contributed by atoms with Crippen LogP contribution >= 0.6 is 10.3 Å². The van der Waals surface area contributed by atoms with Gasteiger partial charge in [-0.25, -0.2) is 0 Å². The van der Waals surface area contributed by atoms with Crippen molar-refractivity contribution in [1.82, 2.24) is 0 Å². The molecule has 0 unspecified atom stereocenters. The first kappa shape index (κ1) is 23.9. The summed E-state index contributed by atoms with van der Waals surface area (Å²) < 4.78 is 7.05. The normalized spacial score (nSPS) is 27.6. The molecule has 4 aliphatic rings. The molecule has 0 spiro atoms. The van der Waals surface area contributed by atoms with Crippen LogP contribution in [0.2, 0.25) is 0 Å². The van der Waals surface area contributed by atoms with Gasteiger partial charge in [0.05, 0.1) is 5.41 Å². The highest BCUT2D eigenvalue weighted by Crippen LogP contribution is 2.71.